The summed E-state index contributed by atoms with van der Waals surface area (Å²) in [5.41, 5.74) is 12.2. The van der Waals surface area contributed by atoms with E-state index in [1.807, 2.05) is 30.3 Å². The van der Waals surface area contributed by atoms with E-state index in [1.165, 1.54) is 12.1 Å². The molecule has 2 amide bonds. The van der Waals surface area contributed by atoms with Gasteiger partial charge >= 0.3 is 0 Å². The van der Waals surface area contributed by atoms with Crippen LogP contribution in [0.5, 0.6) is 0 Å². The number of aliphatic hydroxyl groups excluding tert-OH is 1. The van der Waals surface area contributed by atoms with Crippen molar-refractivity contribution >= 4 is 11.8 Å². The number of primary amides is 2. The Morgan fingerprint density at radius 2 is 1.81 bits per heavy atom. The second-order valence-corrected chi connectivity index (χ2v) is 6.20. The number of aliphatic hydroxyl groups is 1. The SMILES string of the molecule is NC(=O)c1cc(F)ccc1C[C@H](C[C@@H](O)[CH]Cc1ccccc1)C(N)=O. The zero-order valence-corrected chi connectivity index (χ0v) is 14.3. The second kappa shape index (κ2) is 9.10. The molecule has 137 valence electrons. The van der Waals surface area contributed by atoms with Crippen LogP contribution < -0.4 is 11.5 Å². The first-order chi connectivity index (χ1) is 12.4. The van der Waals surface area contributed by atoms with Gasteiger partial charge in [0.25, 0.3) is 0 Å². The Kier molecular flexibility index (Phi) is 6.86. The van der Waals surface area contributed by atoms with Crippen molar-refractivity contribution in [3.63, 3.8) is 0 Å². The van der Waals surface area contributed by atoms with Gasteiger partial charge in [-0.3, -0.25) is 9.59 Å². The van der Waals surface area contributed by atoms with Crippen molar-refractivity contribution < 1.29 is 19.1 Å². The van der Waals surface area contributed by atoms with Crippen LogP contribution in [-0.4, -0.2) is 23.0 Å². The first-order valence-electron chi connectivity index (χ1n) is 8.29. The van der Waals surface area contributed by atoms with Crippen LogP contribution in [0.2, 0.25) is 0 Å². The first-order valence-corrected chi connectivity index (χ1v) is 8.29. The number of halogens is 1. The van der Waals surface area contributed by atoms with Gasteiger partial charge in [0.2, 0.25) is 11.8 Å². The van der Waals surface area contributed by atoms with Crippen LogP contribution in [0, 0.1) is 18.2 Å². The van der Waals surface area contributed by atoms with Crippen molar-refractivity contribution in [3.8, 4) is 0 Å². The molecule has 0 aliphatic rings. The molecule has 0 saturated heterocycles. The third-order valence-electron chi connectivity index (χ3n) is 4.20. The van der Waals surface area contributed by atoms with E-state index in [0.717, 1.165) is 11.6 Å². The van der Waals surface area contributed by atoms with Gasteiger partial charge in [-0.2, -0.15) is 0 Å². The van der Waals surface area contributed by atoms with Crippen LogP contribution >= 0.6 is 0 Å². The summed E-state index contributed by atoms with van der Waals surface area (Å²) < 4.78 is 13.3. The number of nitrogens with two attached hydrogens (primary N) is 2. The van der Waals surface area contributed by atoms with E-state index in [2.05, 4.69) is 0 Å². The highest BCUT2D eigenvalue weighted by Gasteiger charge is 2.23. The van der Waals surface area contributed by atoms with Crippen molar-refractivity contribution in [2.24, 2.45) is 17.4 Å². The zero-order valence-electron chi connectivity index (χ0n) is 14.3. The van der Waals surface area contributed by atoms with Gasteiger partial charge in [0.1, 0.15) is 5.82 Å². The Balaban J connectivity index is 2.03. The molecule has 2 rings (SSSR count). The van der Waals surface area contributed by atoms with Gasteiger partial charge in [-0.15, -0.1) is 0 Å². The van der Waals surface area contributed by atoms with Crippen molar-refractivity contribution in [2.45, 2.75) is 25.4 Å². The minimum atomic E-state index is -0.842. The number of rotatable bonds is 9. The lowest BCUT2D eigenvalue weighted by Crippen LogP contribution is -2.30. The molecule has 0 aromatic heterocycles. The number of benzene rings is 2. The van der Waals surface area contributed by atoms with Crippen molar-refractivity contribution in [1.29, 1.82) is 0 Å². The maximum Gasteiger partial charge on any atom is 0.249 e. The molecule has 0 aliphatic heterocycles. The molecule has 0 spiro atoms. The van der Waals surface area contributed by atoms with E-state index < -0.39 is 29.7 Å². The van der Waals surface area contributed by atoms with Gasteiger partial charge in [-0.05, 0) is 48.9 Å². The zero-order chi connectivity index (χ0) is 19.1. The predicted molar refractivity (Wildman–Crippen MR) is 96.4 cm³/mol. The maximum atomic E-state index is 13.3. The van der Waals surface area contributed by atoms with Crippen LogP contribution in [0.3, 0.4) is 0 Å². The average Bonchev–Trinajstić information content (AvgIpc) is 2.61. The summed E-state index contributed by atoms with van der Waals surface area (Å²) in [5, 5.41) is 10.2. The van der Waals surface area contributed by atoms with Crippen LogP contribution in [-0.2, 0) is 17.6 Å². The van der Waals surface area contributed by atoms with Crippen molar-refractivity contribution in [2.75, 3.05) is 0 Å². The molecule has 0 aliphatic carbocycles. The number of amides is 2. The monoisotopic (exact) mass is 357 g/mol. The fourth-order valence-electron chi connectivity index (χ4n) is 2.80. The van der Waals surface area contributed by atoms with Gasteiger partial charge < -0.3 is 16.6 Å². The Labute approximate surface area is 151 Å². The number of hydrogen-bond acceptors (Lipinski definition) is 3. The van der Waals surface area contributed by atoms with Crippen LogP contribution in [0.15, 0.2) is 48.5 Å². The number of carbonyl (C=O) groups is 2. The van der Waals surface area contributed by atoms with Gasteiger partial charge in [0.05, 0.1) is 6.10 Å². The highest BCUT2D eigenvalue weighted by molar-refractivity contribution is 5.94. The summed E-state index contributed by atoms with van der Waals surface area (Å²) in [5.74, 6) is -2.68. The largest absolute Gasteiger partial charge is 0.393 e. The fourth-order valence-corrected chi connectivity index (χ4v) is 2.80. The van der Waals surface area contributed by atoms with Gasteiger partial charge in [-0.1, -0.05) is 36.4 Å². The summed E-state index contributed by atoms with van der Waals surface area (Å²) in [6, 6.07) is 13.2. The molecule has 26 heavy (non-hydrogen) atoms. The molecule has 1 radical (unpaired) electrons. The standard InChI is InChI=1S/C20H22FN2O3/c21-16-8-7-14(18(12-16)20(23)26)10-15(19(22)25)11-17(24)9-6-13-4-2-1-3-5-13/h1-5,7-9,12,15,17,24H,6,10-11H2,(H2,22,25)(H2,23,26)/t15-,17+/m1/s1. The van der Waals surface area contributed by atoms with Crippen molar-refractivity contribution in [1.82, 2.24) is 0 Å². The lowest BCUT2D eigenvalue weighted by molar-refractivity contribution is -0.122. The van der Waals surface area contributed by atoms with E-state index in [-0.39, 0.29) is 18.4 Å². The number of hydrogen-bond donors (Lipinski definition) is 3. The van der Waals surface area contributed by atoms with E-state index in [9.17, 15) is 19.1 Å². The molecule has 5 N–H and O–H groups in total. The van der Waals surface area contributed by atoms with E-state index in [0.29, 0.717) is 12.0 Å². The molecule has 6 heteroatoms. The Hall–Kier alpha value is -2.73. The third-order valence-corrected chi connectivity index (χ3v) is 4.20. The molecule has 0 saturated carbocycles. The van der Waals surface area contributed by atoms with Crippen LogP contribution in [0.25, 0.3) is 0 Å². The molecule has 0 unspecified atom stereocenters. The summed E-state index contributed by atoms with van der Waals surface area (Å²) in [4.78, 5) is 23.3. The smallest absolute Gasteiger partial charge is 0.249 e. The van der Waals surface area contributed by atoms with Gasteiger partial charge in [0, 0.05) is 11.5 Å². The molecule has 5 nitrogen and oxygen atoms in total. The molecular formula is C20H22FN2O3. The lowest BCUT2D eigenvalue weighted by Gasteiger charge is -2.19. The van der Waals surface area contributed by atoms with E-state index in [4.69, 9.17) is 11.5 Å². The molecular weight excluding hydrogens is 335 g/mol. The maximum absolute atomic E-state index is 13.3. The Morgan fingerprint density at radius 3 is 2.42 bits per heavy atom. The first kappa shape index (κ1) is 19.6. The Bertz CT molecular complexity index is 765. The summed E-state index contributed by atoms with van der Waals surface area (Å²) in [6.07, 6.45) is 1.62. The number of carbonyl (C=O) groups excluding carboxylic acids is 2. The topological polar surface area (TPSA) is 106 Å². The van der Waals surface area contributed by atoms with Crippen LogP contribution in [0.4, 0.5) is 4.39 Å². The molecule has 0 heterocycles. The highest BCUT2D eigenvalue weighted by Crippen LogP contribution is 2.20. The molecule has 0 bridgehead atoms. The summed E-state index contributed by atoms with van der Waals surface area (Å²) in [7, 11) is 0. The molecule has 2 atom stereocenters. The summed E-state index contributed by atoms with van der Waals surface area (Å²) in [6.45, 7) is 0. The fraction of sp³-hybridized carbons (Fsp3) is 0.250. The van der Waals surface area contributed by atoms with Crippen LogP contribution in [0.1, 0.15) is 27.9 Å². The Morgan fingerprint density at radius 1 is 1.12 bits per heavy atom. The average molecular weight is 357 g/mol. The highest BCUT2D eigenvalue weighted by atomic mass is 19.1. The molecule has 0 fully saturated rings. The predicted octanol–water partition coefficient (Wildman–Crippen LogP) is 1.77. The normalized spacial score (nSPS) is 13.2. The minimum Gasteiger partial charge on any atom is -0.393 e. The lowest BCUT2D eigenvalue weighted by atomic mass is 9.89. The molecule has 2 aromatic carbocycles. The quantitative estimate of drug-likeness (QED) is 0.636. The molecule has 2 aromatic rings. The van der Waals surface area contributed by atoms with Gasteiger partial charge in [0.15, 0.2) is 0 Å². The van der Waals surface area contributed by atoms with E-state index in [1.54, 1.807) is 6.42 Å². The third kappa shape index (κ3) is 5.67. The van der Waals surface area contributed by atoms with E-state index >= 15 is 0 Å². The van der Waals surface area contributed by atoms with Crippen molar-refractivity contribution in [3.05, 3.63) is 77.5 Å². The summed E-state index contributed by atoms with van der Waals surface area (Å²) >= 11 is 0. The van der Waals surface area contributed by atoms with Gasteiger partial charge in [-0.25, -0.2) is 4.39 Å². The second-order valence-electron chi connectivity index (χ2n) is 6.20. The minimum absolute atomic E-state index is 0.0130.